The molecule has 0 unspecified atom stereocenters. The van der Waals surface area contributed by atoms with Crippen LogP contribution in [0.15, 0.2) is 18.2 Å². The molecule has 126 valence electrons. The quantitative estimate of drug-likeness (QED) is 0.795. The van der Waals surface area contributed by atoms with Crippen LogP contribution in [-0.2, 0) is 0 Å². The molecule has 3 N–H and O–H groups in total. The van der Waals surface area contributed by atoms with Crippen molar-refractivity contribution in [3.8, 4) is 0 Å². The van der Waals surface area contributed by atoms with Gasteiger partial charge in [-0.15, -0.1) is 0 Å². The highest BCUT2D eigenvalue weighted by atomic mass is 19.1. The molecule has 1 amide bonds. The number of carbonyl (C=O) groups is 1. The number of hydrogen-bond acceptors (Lipinski definition) is 3. The van der Waals surface area contributed by atoms with Crippen molar-refractivity contribution in [1.82, 2.24) is 10.6 Å². The van der Waals surface area contributed by atoms with Gasteiger partial charge in [-0.05, 0) is 75.2 Å². The largest absolute Gasteiger partial charge is 0.393 e. The van der Waals surface area contributed by atoms with Crippen LogP contribution in [0.2, 0.25) is 0 Å². The molecule has 1 aromatic rings. The van der Waals surface area contributed by atoms with Crippen LogP contribution in [0.1, 0.15) is 41.6 Å². The molecular formula is C18H25FN2O2. The van der Waals surface area contributed by atoms with Crippen LogP contribution in [0.3, 0.4) is 0 Å². The molecular weight excluding hydrogens is 295 g/mol. The van der Waals surface area contributed by atoms with Crippen molar-refractivity contribution < 1.29 is 14.3 Å². The van der Waals surface area contributed by atoms with Gasteiger partial charge in [0.2, 0.25) is 0 Å². The van der Waals surface area contributed by atoms with E-state index in [2.05, 4.69) is 10.6 Å². The van der Waals surface area contributed by atoms with E-state index in [-0.39, 0.29) is 23.9 Å². The lowest BCUT2D eigenvalue weighted by atomic mass is 9.71. The van der Waals surface area contributed by atoms with Crippen LogP contribution < -0.4 is 10.6 Å². The highest BCUT2D eigenvalue weighted by molar-refractivity contribution is 5.95. The molecule has 5 heteroatoms. The van der Waals surface area contributed by atoms with Crippen LogP contribution >= 0.6 is 0 Å². The van der Waals surface area contributed by atoms with Crippen molar-refractivity contribution in [3.05, 3.63) is 35.1 Å². The van der Waals surface area contributed by atoms with Gasteiger partial charge in [-0.1, -0.05) is 6.07 Å². The number of halogens is 1. The molecule has 0 aromatic heterocycles. The Morgan fingerprint density at radius 2 is 2.00 bits per heavy atom. The van der Waals surface area contributed by atoms with E-state index in [1.165, 1.54) is 6.07 Å². The number of amides is 1. The molecule has 0 spiro atoms. The molecule has 1 aliphatic carbocycles. The summed E-state index contributed by atoms with van der Waals surface area (Å²) >= 11 is 0. The van der Waals surface area contributed by atoms with Crippen molar-refractivity contribution in [1.29, 1.82) is 0 Å². The van der Waals surface area contributed by atoms with Crippen molar-refractivity contribution in [2.24, 2.45) is 11.8 Å². The summed E-state index contributed by atoms with van der Waals surface area (Å²) in [5.41, 5.74) is 0.798. The van der Waals surface area contributed by atoms with Crippen molar-refractivity contribution in [3.63, 3.8) is 0 Å². The molecule has 0 radical (unpaired) electrons. The van der Waals surface area contributed by atoms with Crippen molar-refractivity contribution in [2.75, 3.05) is 13.1 Å². The van der Waals surface area contributed by atoms with E-state index in [4.69, 9.17) is 0 Å². The van der Waals surface area contributed by atoms with E-state index in [1.54, 1.807) is 19.1 Å². The first-order chi connectivity index (χ1) is 11.1. The third-order valence-electron chi connectivity index (χ3n) is 5.36. The minimum Gasteiger partial charge on any atom is -0.393 e. The minimum atomic E-state index is -0.352. The molecule has 2 aliphatic rings. The van der Waals surface area contributed by atoms with Crippen LogP contribution in [-0.4, -0.2) is 36.2 Å². The summed E-state index contributed by atoms with van der Waals surface area (Å²) in [5.74, 6) is 0.194. The van der Waals surface area contributed by atoms with Crippen LogP contribution in [0.5, 0.6) is 0 Å². The summed E-state index contributed by atoms with van der Waals surface area (Å²) in [6.07, 6.45) is 3.31. The lowest BCUT2D eigenvalue weighted by molar-refractivity contribution is 0.00917. The Bertz CT molecular complexity index is 566. The maximum atomic E-state index is 13.7. The molecule has 1 heterocycles. The Morgan fingerprint density at radius 1 is 1.30 bits per heavy atom. The first-order valence-electron chi connectivity index (χ1n) is 8.51. The topological polar surface area (TPSA) is 61.4 Å². The summed E-state index contributed by atoms with van der Waals surface area (Å²) in [5, 5.41) is 16.1. The summed E-state index contributed by atoms with van der Waals surface area (Å²) in [6.45, 7) is 3.56. The van der Waals surface area contributed by atoms with Crippen molar-refractivity contribution >= 4 is 5.91 Å². The molecule has 1 aromatic carbocycles. The predicted octanol–water partition coefficient (Wildman–Crippen LogP) is 2.00. The molecule has 2 fully saturated rings. The number of hydrogen-bond donors (Lipinski definition) is 3. The maximum Gasteiger partial charge on any atom is 0.251 e. The number of nitrogens with one attached hydrogen (secondary N) is 2. The van der Waals surface area contributed by atoms with Gasteiger partial charge in [0.05, 0.1) is 6.10 Å². The van der Waals surface area contributed by atoms with Gasteiger partial charge in [-0.3, -0.25) is 4.79 Å². The number of aliphatic hydroxyl groups excluding tert-OH is 1. The number of rotatable bonds is 4. The second kappa shape index (κ2) is 6.97. The summed E-state index contributed by atoms with van der Waals surface area (Å²) in [7, 11) is 0. The molecule has 1 atom stereocenters. The van der Waals surface area contributed by atoms with Gasteiger partial charge in [0, 0.05) is 11.6 Å². The van der Waals surface area contributed by atoms with Gasteiger partial charge in [0.15, 0.2) is 0 Å². The van der Waals surface area contributed by atoms with Crippen LogP contribution in [0, 0.1) is 24.6 Å². The zero-order valence-corrected chi connectivity index (χ0v) is 13.5. The first-order valence-corrected chi connectivity index (χ1v) is 8.51. The zero-order chi connectivity index (χ0) is 16.4. The van der Waals surface area contributed by atoms with Crippen molar-refractivity contribution in [2.45, 2.75) is 44.8 Å². The Kier molecular flexibility index (Phi) is 4.97. The first kappa shape index (κ1) is 16.4. The number of carbonyl (C=O) groups excluding carboxylic acids is 1. The smallest absolute Gasteiger partial charge is 0.251 e. The Balaban J connectivity index is 1.74. The third kappa shape index (κ3) is 3.56. The molecule has 3 rings (SSSR count). The average molecular weight is 320 g/mol. The Hall–Kier alpha value is -1.46. The lowest BCUT2D eigenvalue weighted by Crippen LogP contribution is -2.53. The van der Waals surface area contributed by atoms with Gasteiger partial charge in [0.25, 0.3) is 5.91 Å². The van der Waals surface area contributed by atoms with Crippen LogP contribution in [0.25, 0.3) is 0 Å². The second-order valence-corrected chi connectivity index (χ2v) is 6.88. The van der Waals surface area contributed by atoms with E-state index in [0.29, 0.717) is 23.0 Å². The van der Waals surface area contributed by atoms with E-state index in [1.807, 2.05) is 0 Å². The highest BCUT2D eigenvalue weighted by Crippen LogP contribution is 2.36. The van der Waals surface area contributed by atoms with Gasteiger partial charge < -0.3 is 15.7 Å². The molecule has 23 heavy (non-hydrogen) atoms. The number of benzene rings is 1. The fourth-order valence-electron chi connectivity index (χ4n) is 3.83. The monoisotopic (exact) mass is 320 g/mol. The SMILES string of the molecule is Cc1c(F)cccc1C(=O)N[C@@H](C1CCNCC1)C1CC(O)C1. The fraction of sp³-hybridized carbons (Fsp3) is 0.611. The Morgan fingerprint density at radius 3 is 2.65 bits per heavy atom. The predicted molar refractivity (Wildman–Crippen MR) is 86.7 cm³/mol. The normalized spacial score (nSPS) is 26.4. The Labute approximate surface area is 136 Å². The van der Waals surface area contributed by atoms with E-state index >= 15 is 0 Å². The highest BCUT2D eigenvalue weighted by Gasteiger charge is 2.39. The molecule has 1 aliphatic heterocycles. The number of aliphatic hydroxyl groups is 1. The average Bonchev–Trinajstić information content (AvgIpc) is 2.53. The summed E-state index contributed by atoms with van der Waals surface area (Å²) in [6, 6.07) is 4.68. The molecule has 4 nitrogen and oxygen atoms in total. The zero-order valence-electron chi connectivity index (χ0n) is 13.5. The van der Waals surface area contributed by atoms with Gasteiger partial charge in [-0.2, -0.15) is 0 Å². The lowest BCUT2D eigenvalue weighted by Gasteiger charge is -2.43. The molecule has 1 saturated carbocycles. The van der Waals surface area contributed by atoms with Gasteiger partial charge in [0.1, 0.15) is 5.82 Å². The van der Waals surface area contributed by atoms with E-state index in [9.17, 15) is 14.3 Å². The summed E-state index contributed by atoms with van der Waals surface area (Å²) < 4.78 is 13.7. The van der Waals surface area contributed by atoms with Gasteiger partial charge >= 0.3 is 0 Å². The fourth-order valence-corrected chi connectivity index (χ4v) is 3.83. The molecule has 1 saturated heterocycles. The standard InChI is InChI=1S/C18H25FN2O2/c1-11-15(3-2-4-16(11)19)18(23)21-17(13-9-14(22)10-13)12-5-7-20-8-6-12/h2-4,12-14,17,20,22H,5-10H2,1H3,(H,21,23)/t13?,14?,17-/m0/s1. The summed E-state index contributed by atoms with van der Waals surface area (Å²) in [4.78, 5) is 12.6. The van der Waals surface area contributed by atoms with E-state index < -0.39 is 0 Å². The van der Waals surface area contributed by atoms with E-state index in [0.717, 1.165) is 38.8 Å². The second-order valence-electron chi connectivity index (χ2n) is 6.88. The van der Waals surface area contributed by atoms with Gasteiger partial charge in [-0.25, -0.2) is 4.39 Å². The number of piperidine rings is 1. The maximum absolute atomic E-state index is 13.7. The molecule has 0 bridgehead atoms. The minimum absolute atomic E-state index is 0.0654. The van der Waals surface area contributed by atoms with Crippen LogP contribution in [0.4, 0.5) is 4.39 Å². The third-order valence-corrected chi connectivity index (χ3v) is 5.36.